The Hall–Kier alpha value is -1.78. The molecule has 0 aliphatic heterocycles. The van der Waals surface area contributed by atoms with Gasteiger partial charge in [0, 0.05) is 0 Å². The second-order valence-electron chi connectivity index (χ2n) is 3.83. The first-order valence-electron chi connectivity index (χ1n) is 5.29. The molecule has 7 heteroatoms. The smallest absolute Gasteiger partial charge is 0.419 e. The van der Waals surface area contributed by atoms with Gasteiger partial charge in [-0.2, -0.15) is 18.4 Å². The van der Waals surface area contributed by atoms with Crippen molar-refractivity contribution in [2.75, 3.05) is 7.11 Å². The largest absolute Gasteiger partial charge is 0.496 e. The lowest BCUT2D eigenvalue weighted by Crippen LogP contribution is -2.18. The lowest BCUT2D eigenvalue weighted by atomic mass is 10.0. The molecular formula is C12H12F3NO3. The van der Waals surface area contributed by atoms with Crippen molar-refractivity contribution >= 4 is 0 Å². The minimum Gasteiger partial charge on any atom is -0.496 e. The van der Waals surface area contributed by atoms with Crippen LogP contribution in [-0.4, -0.2) is 23.4 Å². The molecule has 0 heterocycles. The molecule has 0 bridgehead atoms. The van der Waals surface area contributed by atoms with Crippen molar-refractivity contribution < 1.29 is 28.1 Å². The number of methoxy groups -OCH3 is 1. The quantitative estimate of drug-likeness (QED) is 0.881. The maximum Gasteiger partial charge on any atom is 0.419 e. The van der Waals surface area contributed by atoms with E-state index >= 15 is 0 Å². The van der Waals surface area contributed by atoms with Gasteiger partial charge in [-0.1, -0.05) is 6.07 Å². The van der Waals surface area contributed by atoms with Crippen LogP contribution in [0.25, 0.3) is 0 Å². The summed E-state index contributed by atoms with van der Waals surface area (Å²) in [6.45, 7) is 0. The van der Waals surface area contributed by atoms with Crippen LogP contribution >= 0.6 is 0 Å². The van der Waals surface area contributed by atoms with E-state index in [1.165, 1.54) is 0 Å². The molecule has 4 nitrogen and oxygen atoms in total. The zero-order chi connectivity index (χ0) is 14.6. The summed E-state index contributed by atoms with van der Waals surface area (Å²) >= 11 is 0. The minimum atomic E-state index is -4.57. The number of halogens is 3. The van der Waals surface area contributed by atoms with Crippen LogP contribution in [0.4, 0.5) is 13.2 Å². The summed E-state index contributed by atoms with van der Waals surface area (Å²) in [4.78, 5) is 0. The second kappa shape index (κ2) is 5.91. The van der Waals surface area contributed by atoms with Crippen molar-refractivity contribution in [2.24, 2.45) is 0 Å². The van der Waals surface area contributed by atoms with Crippen LogP contribution in [0.5, 0.6) is 5.75 Å². The summed E-state index contributed by atoms with van der Waals surface area (Å²) in [5.41, 5.74) is -0.923. The van der Waals surface area contributed by atoms with E-state index in [1.54, 1.807) is 6.07 Å². The number of aliphatic hydroxyl groups is 2. The molecule has 0 aliphatic rings. The van der Waals surface area contributed by atoms with Gasteiger partial charge in [-0.05, 0) is 17.7 Å². The molecule has 0 fully saturated rings. The van der Waals surface area contributed by atoms with Crippen molar-refractivity contribution in [3.8, 4) is 11.8 Å². The number of nitriles is 1. The van der Waals surface area contributed by atoms with E-state index in [0.29, 0.717) is 0 Å². The summed E-state index contributed by atoms with van der Waals surface area (Å²) in [6, 6.07) is 4.45. The summed E-state index contributed by atoms with van der Waals surface area (Å²) < 4.78 is 42.5. The second-order valence-corrected chi connectivity index (χ2v) is 3.83. The normalized spacial score (nSPS) is 14.6. The van der Waals surface area contributed by atoms with Gasteiger partial charge in [0.25, 0.3) is 0 Å². The predicted octanol–water partition coefficient (Wildman–Crippen LogP) is 2.02. The fraction of sp³-hybridized carbons (Fsp3) is 0.417. The van der Waals surface area contributed by atoms with Gasteiger partial charge in [-0.15, -0.1) is 0 Å². The highest BCUT2D eigenvalue weighted by molar-refractivity contribution is 5.40. The molecule has 2 atom stereocenters. The van der Waals surface area contributed by atoms with Crippen LogP contribution in [0.15, 0.2) is 18.2 Å². The maximum absolute atomic E-state index is 12.6. The summed E-state index contributed by atoms with van der Waals surface area (Å²) in [6.07, 6.45) is -7.72. The number of alkyl halides is 3. The van der Waals surface area contributed by atoms with E-state index in [-0.39, 0.29) is 12.0 Å². The SMILES string of the molecule is COc1cc(C(O)C(O)CC#N)ccc1C(F)(F)F. The number of rotatable bonds is 4. The van der Waals surface area contributed by atoms with Gasteiger partial charge in [0.1, 0.15) is 11.9 Å². The summed E-state index contributed by atoms with van der Waals surface area (Å²) in [7, 11) is 1.08. The molecule has 0 saturated carbocycles. The standard InChI is InChI=1S/C12H12F3NO3/c1-19-10-6-7(11(18)9(17)4-5-16)2-3-8(10)12(13,14)15/h2-3,6,9,11,17-18H,4H2,1H3. The van der Waals surface area contributed by atoms with E-state index in [2.05, 4.69) is 4.74 Å². The molecule has 104 valence electrons. The molecule has 19 heavy (non-hydrogen) atoms. The van der Waals surface area contributed by atoms with Gasteiger partial charge in [-0.3, -0.25) is 0 Å². The van der Waals surface area contributed by atoms with Gasteiger partial charge < -0.3 is 14.9 Å². The molecule has 0 amide bonds. The highest BCUT2D eigenvalue weighted by Gasteiger charge is 2.34. The van der Waals surface area contributed by atoms with Crippen LogP contribution < -0.4 is 4.74 Å². The van der Waals surface area contributed by atoms with E-state index in [4.69, 9.17) is 5.26 Å². The van der Waals surface area contributed by atoms with Crippen molar-refractivity contribution in [3.63, 3.8) is 0 Å². The Labute approximate surface area is 107 Å². The van der Waals surface area contributed by atoms with E-state index in [0.717, 1.165) is 25.3 Å². The Morgan fingerprint density at radius 3 is 2.47 bits per heavy atom. The molecule has 2 N–H and O–H groups in total. The van der Waals surface area contributed by atoms with Crippen molar-refractivity contribution in [1.29, 1.82) is 5.26 Å². The summed E-state index contributed by atoms with van der Waals surface area (Å²) in [5, 5.41) is 27.5. The fourth-order valence-electron chi connectivity index (χ4n) is 1.55. The first-order valence-corrected chi connectivity index (χ1v) is 5.29. The summed E-state index contributed by atoms with van der Waals surface area (Å²) in [5.74, 6) is -0.451. The third-order valence-electron chi connectivity index (χ3n) is 2.54. The van der Waals surface area contributed by atoms with Crippen LogP contribution in [0, 0.1) is 11.3 Å². The first kappa shape index (κ1) is 15.3. The van der Waals surface area contributed by atoms with Crippen LogP contribution in [0.1, 0.15) is 23.7 Å². The molecule has 1 aromatic rings. The van der Waals surface area contributed by atoms with Crippen LogP contribution in [0.3, 0.4) is 0 Å². The van der Waals surface area contributed by atoms with E-state index in [9.17, 15) is 23.4 Å². The lowest BCUT2D eigenvalue weighted by molar-refractivity contribution is -0.138. The molecule has 0 aromatic heterocycles. The molecule has 1 rings (SSSR count). The van der Waals surface area contributed by atoms with Crippen molar-refractivity contribution in [3.05, 3.63) is 29.3 Å². The number of aliphatic hydroxyl groups excluding tert-OH is 2. The molecule has 2 unspecified atom stereocenters. The van der Waals surface area contributed by atoms with E-state index in [1.807, 2.05) is 0 Å². The Bertz CT molecular complexity index is 482. The van der Waals surface area contributed by atoms with Crippen LogP contribution in [-0.2, 0) is 6.18 Å². The Balaban J connectivity index is 3.11. The Kier molecular flexibility index (Phi) is 4.75. The van der Waals surface area contributed by atoms with Gasteiger partial charge >= 0.3 is 6.18 Å². The lowest BCUT2D eigenvalue weighted by Gasteiger charge is -2.18. The highest BCUT2D eigenvalue weighted by atomic mass is 19.4. The third-order valence-corrected chi connectivity index (χ3v) is 2.54. The van der Waals surface area contributed by atoms with Crippen LogP contribution in [0.2, 0.25) is 0 Å². The minimum absolute atomic E-state index is 0.0487. The highest BCUT2D eigenvalue weighted by Crippen LogP contribution is 2.37. The average molecular weight is 275 g/mol. The average Bonchev–Trinajstić information content (AvgIpc) is 2.36. The molecular weight excluding hydrogens is 263 g/mol. The number of hydrogen-bond acceptors (Lipinski definition) is 4. The maximum atomic E-state index is 12.6. The first-order chi connectivity index (χ1) is 8.81. The van der Waals surface area contributed by atoms with Gasteiger partial charge in [0.05, 0.1) is 31.3 Å². The van der Waals surface area contributed by atoms with Gasteiger partial charge in [0.2, 0.25) is 0 Å². The molecule has 0 saturated heterocycles. The Morgan fingerprint density at radius 2 is 2.00 bits per heavy atom. The number of nitrogens with zero attached hydrogens (tertiary/aromatic N) is 1. The number of hydrogen-bond donors (Lipinski definition) is 2. The van der Waals surface area contributed by atoms with Gasteiger partial charge in [-0.25, -0.2) is 0 Å². The van der Waals surface area contributed by atoms with Gasteiger partial charge in [0.15, 0.2) is 0 Å². The Morgan fingerprint density at radius 1 is 1.37 bits per heavy atom. The third kappa shape index (κ3) is 3.59. The topological polar surface area (TPSA) is 73.5 Å². The van der Waals surface area contributed by atoms with Crippen molar-refractivity contribution in [1.82, 2.24) is 0 Å². The predicted molar refractivity (Wildman–Crippen MR) is 59.2 cm³/mol. The number of ether oxygens (including phenoxy) is 1. The molecule has 0 aliphatic carbocycles. The molecule has 1 aromatic carbocycles. The molecule has 0 radical (unpaired) electrons. The van der Waals surface area contributed by atoms with E-state index < -0.39 is 29.7 Å². The zero-order valence-corrected chi connectivity index (χ0v) is 9.98. The fourth-order valence-corrected chi connectivity index (χ4v) is 1.55. The number of benzene rings is 1. The monoisotopic (exact) mass is 275 g/mol. The zero-order valence-electron chi connectivity index (χ0n) is 9.98. The molecule has 0 spiro atoms. The van der Waals surface area contributed by atoms with Crippen molar-refractivity contribution in [2.45, 2.75) is 24.8 Å².